The van der Waals surface area contributed by atoms with Crippen molar-refractivity contribution in [3.8, 4) is 0 Å². The Kier molecular flexibility index (Phi) is 3.67. The highest BCUT2D eigenvalue weighted by molar-refractivity contribution is 7.93. The Hall–Kier alpha value is -2.08. The lowest BCUT2D eigenvalue weighted by atomic mass is 10.2. The van der Waals surface area contributed by atoms with Gasteiger partial charge in [0.15, 0.2) is 0 Å². The first kappa shape index (κ1) is 14.3. The number of aryl methyl sites for hydroxylation is 2. The van der Waals surface area contributed by atoms with Crippen LogP contribution in [0.1, 0.15) is 11.1 Å². The molecule has 0 aliphatic rings. The monoisotopic (exact) mass is 294 g/mol. The number of rotatable bonds is 3. The molecule has 0 saturated heterocycles. The van der Waals surface area contributed by atoms with Crippen LogP contribution in [0.4, 0.5) is 15.8 Å². The molecule has 0 aliphatic heterocycles. The van der Waals surface area contributed by atoms with Gasteiger partial charge in [0.05, 0.1) is 11.4 Å². The normalized spacial score (nSPS) is 11.3. The number of hydrogen-bond donors (Lipinski definition) is 2. The topological polar surface area (TPSA) is 72.2 Å². The molecule has 0 aromatic heterocycles. The second-order valence-electron chi connectivity index (χ2n) is 4.58. The van der Waals surface area contributed by atoms with Crippen molar-refractivity contribution in [1.29, 1.82) is 0 Å². The van der Waals surface area contributed by atoms with E-state index in [1.54, 1.807) is 32.0 Å². The first-order valence-corrected chi connectivity index (χ1v) is 7.43. The maximum atomic E-state index is 13.7. The molecule has 2 aromatic rings. The van der Waals surface area contributed by atoms with E-state index in [0.29, 0.717) is 5.56 Å². The highest BCUT2D eigenvalue weighted by Gasteiger charge is 2.21. The van der Waals surface area contributed by atoms with E-state index in [-0.39, 0.29) is 16.3 Å². The lowest BCUT2D eigenvalue weighted by Crippen LogP contribution is -2.17. The molecule has 2 aromatic carbocycles. The molecule has 0 bridgehead atoms. The lowest BCUT2D eigenvalue weighted by Gasteiger charge is -2.13. The van der Waals surface area contributed by atoms with Gasteiger partial charge in [0, 0.05) is 0 Å². The van der Waals surface area contributed by atoms with Crippen LogP contribution in [0.5, 0.6) is 0 Å². The summed E-state index contributed by atoms with van der Waals surface area (Å²) in [6, 6.07) is 9.01. The van der Waals surface area contributed by atoms with E-state index in [1.165, 1.54) is 18.2 Å². The van der Waals surface area contributed by atoms with Gasteiger partial charge < -0.3 is 5.73 Å². The van der Waals surface area contributed by atoms with Gasteiger partial charge in [0.1, 0.15) is 10.7 Å². The number of hydrogen-bond acceptors (Lipinski definition) is 3. The number of anilines is 2. The first-order chi connectivity index (χ1) is 9.31. The van der Waals surface area contributed by atoms with Crippen molar-refractivity contribution in [1.82, 2.24) is 0 Å². The van der Waals surface area contributed by atoms with E-state index in [1.807, 2.05) is 0 Å². The number of nitrogens with two attached hydrogens (primary N) is 1. The van der Waals surface area contributed by atoms with Crippen LogP contribution in [0.2, 0.25) is 0 Å². The molecule has 0 unspecified atom stereocenters. The molecule has 0 atom stereocenters. The Morgan fingerprint density at radius 3 is 2.50 bits per heavy atom. The molecule has 0 fully saturated rings. The van der Waals surface area contributed by atoms with E-state index in [4.69, 9.17) is 5.73 Å². The Labute approximate surface area is 117 Å². The fourth-order valence-corrected chi connectivity index (χ4v) is 3.37. The van der Waals surface area contributed by atoms with Gasteiger partial charge in [-0.2, -0.15) is 0 Å². The predicted molar refractivity (Wildman–Crippen MR) is 77.5 cm³/mol. The van der Waals surface area contributed by atoms with Crippen LogP contribution in [-0.4, -0.2) is 8.42 Å². The average molecular weight is 294 g/mol. The van der Waals surface area contributed by atoms with Crippen molar-refractivity contribution in [3.05, 3.63) is 53.3 Å². The Bertz CT molecular complexity index is 738. The third-order valence-corrected chi connectivity index (χ3v) is 4.46. The molecule has 3 N–H and O–H groups in total. The second kappa shape index (κ2) is 5.13. The number of sulfonamides is 1. The minimum atomic E-state index is -3.93. The Morgan fingerprint density at radius 2 is 1.85 bits per heavy atom. The standard InChI is InChI=1S/C14H15FN2O2S/c1-9-6-7-11(15)13(8-9)17-20(18,19)14-10(2)4-3-5-12(14)16/h3-8,17H,16H2,1-2H3. The SMILES string of the molecule is Cc1ccc(F)c(NS(=O)(=O)c2c(C)cccc2N)c1. The van der Waals surface area contributed by atoms with Crippen LogP contribution >= 0.6 is 0 Å². The van der Waals surface area contributed by atoms with E-state index >= 15 is 0 Å². The Balaban J connectivity index is 2.49. The van der Waals surface area contributed by atoms with Gasteiger partial charge in [-0.3, -0.25) is 4.72 Å². The van der Waals surface area contributed by atoms with Crippen molar-refractivity contribution in [2.75, 3.05) is 10.5 Å². The fraction of sp³-hybridized carbons (Fsp3) is 0.143. The number of benzene rings is 2. The highest BCUT2D eigenvalue weighted by Crippen LogP contribution is 2.26. The van der Waals surface area contributed by atoms with Gasteiger partial charge in [-0.15, -0.1) is 0 Å². The third-order valence-electron chi connectivity index (χ3n) is 2.88. The largest absolute Gasteiger partial charge is 0.398 e. The van der Waals surface area contributed by atoms with Crippen molar-refractivity contribution >= 4 is 21.4 Å². The molecule has 0 aliphatic carbocycles. The first-order valence-electron chi connectivity index (χ1n) is 5.95. The number of nitrogen functional groups attached to an aromatic ring is 1. The summed E-state index contributed by atoms with van der Waals surface area (Å²) in [5.41, 5.74) is 7.01. The van der Waals surface area contributed by atoms with E-state index in [9.17, 15) is 12.8 Å². The molecule has 4 nitrogen and oxygen atoms in total. The van der Waals surface area contributed by atoms with Gasteiger partial charge in [0.2, 0.25) is 0 Å². The van der Waals surface area contributed by atoms with Crippen LogP contribution in [0.3, 0.4) is 0 Å². The quantitative estimate of drug-likeness (QED) is 0.855. The van der Waals surface area contributed by atoms with Crippen LogP contribution < -0.4 is 10.5 Å². The average Bonchev–Trinajstić information content (AvgIpc) is 2.33. The highest BCUT2D eigenvalue weighted by atomic mass is 32.2. The van der Waals surface area contributed by atoms with Crippen molar-refractivity contribution < 1.29 is 12.8 Å². The molecule has 106 valence electrons. The summed E-state index contributed by atoms with van der Waals surface area (Å²) in [5, 5.41) is 0. The molecule has 0 amide bonds. The minimum Gasteiger partial charge on any atom is -0.398 e. The Morgan fingerprint density at radius 1 is 1.15 bits per heavy atom. The summed E-state index contributed by atoms with van der Waals surface area (Å²) in [7, 11) is -3.93. The molecule has 0 spiro atoms. The van der Waals surface area contributed by atoms with Gasteiger partial charge in [-0.25, -0.2) is 12.8 Å². The minimum absolute atomic E-state index is 0.0269. The molecule has 20 heavy (non-hydrogen) atoms. The van der Waals surface area contributed by atoms with Gasteiger partial charge in [0.25, 0.3) is 10.0 Å². The van der Waals surface area contributed by atoms with Gasteiger partial charge in [-0.05, 0) is 43.2 Å². The molecule has 0 heterocycles. The van der Waals surface area contributed by atoms with Crippen LogP contribution in [0, 0.1) is 19.7 Å². The van der Waals surface area contributed by atoms with E-state index in [0.717, 1.165) is 5.56 Å². The summed E-state index contributed by atoms with van der Waals surface area (Å²) < 4.78 is 40.6. The zero-order valence-electron chi connectivity index (χ0n) is 11.1. The predicted octanol–water partition coefficient (Wildman–Crippen LogP) is 2.83. The summed E-state index contributed by atoms with van der Waals surface area (Å²) in [5.74, 6) is -0.633. The summed E-state index contributed by atoms with van der Waals surface area (Å²) >= 11 is 0. The van der Waals surface area contributed by atoms with Crippen LogP contribution in [-0.2, 0) is 10.0 Å². The second-order valence-corrected chi connectivity index (χ2v) is 6.20. The smallest absolute Gasteiger partial charge is 0.264 e. The lowest BCUT2D eigenvalue weighted by molar-refractivity contribution is 0.598. The molecular formula is C14H15FN2O2S. The third kappa shape index (κ3) is 2.75. The zero-order valence-corrected chi connectivity index (χ0v) is 12.0. The summed E-state index contributed by atoms with van der Waals surface area (Å²) in [6.45, 7) is 3.39. The number of halogens is 1. The van der Waals surface area contributed by atoms with Crippen LogP contribution in [0.15, 0.2) is 41.3 Å². The van der Waals surface area contributed by atoms with E-state index < -0.39 is 15.8 Å². The van der Waals surface area contributed by atoms with E-state index in [2.05, 4.69) is 4.72 Å². The van der Waals surface area contributed by atoms with Crippen molar-refractivity contribution in [3.63, 3.8) is 0 Å². The maximum absolute atomic E-state index is 13.7. The van der Waals surface area contributed by atoms with Gasteiger partial charge >= 0.3 is 0 Å². The zero-order chi connectivity index (χ0) is 14.9. The van der Waals surface area contributed by atoms with Crippen molar-refractivity contribution in [2.45, 2.75) is 18.7 Å². The molecular weight excluding hydrogens is 279 g/mol. The summed E-state index contributed by atoms with van der Waals surface area (Å²) in [6.07, 6.45) is 0. The van der Waals surface area contributed by atoms with Crippen molar-refractivity contribution in [2.24, 2.45) is 0 Å². The molecule has 2 rings (SSSR count). The number of nitrogens with one attached hydrogen (secondary N) is 1. The van der Waals surface area contributed by atoms with Crippen LogP contribution in [0.25, 0.3) is 0 Å². The molecule has 6 heteroatoms. The maximum Gasteiger partial charge on any atom is 0.264 e. The summed E-state index contributed by atoms with van der Waals surface area (Å²) in [4.78, 5) is -0.0269. The molecule has 0 radical (unpaired) electrons. The molecule has 0 saturated carbocycles. The van der Waals surface area contributed by atoms with Gasteiger partial charge in [-0.1, -0.05) is 18.2 Å². The fourth-order valence-electron chi connectivity index (χ4n) is 1.96.